The van der Waals surface area contributed by atoms with Crippen molar-refractivity contribution >= 4 is 0 Å². The summed E-state index contributed by atoms with van der Waals surface area (Å²) in [5.41, 5.74) is 5.77. The van der Waals surface area contributed by atoms with Gasteiger partial charge in [-0.3, -0.25) is 4.90 Å². The average molecular weight is 186 g/mol. The Bertz CT molecular complexity index is 100. The molecule has 0 radical (unpaired) electrons. The third-order valence-electron chi connectivity index (χ3n) is 2.74. The van der Waals surface area contributed by atoms with Crippen LogP contribution in [0.25, 0.3) is 0 Å². The van der Waals surface area contributed by atoms with Crippen LogP contribution in [0, 0.1) is 0 Å². The molecule has 0 fully saturated rings. The van der Waals surface area contributed by atoms with E-state index in [-0.39, 0.29) is 0 Å². The molecule has 0 spiro atoms. The standard InChI is InChI=1S/C11H26N2/c1-4-7-8-9-11(10-12)13(5-2)6-3/h11H,4-10,12H2,1-3H3. The summed E-state index contributed by atoms with van der Waals surface area (Å²) in [4.78, 5) is 2.47. The maximum atomic E-state index is 5.77. The number of unbranched alkanes of at least 4 members (excludes halogenated alkanes) is 2. The maximum absolute atomic E-state index is 5.77. The second-order valence-corrected chi connectivity index (χ2v) is 3.61. The molecule has 2 N–H and O–H groups in total. The monoisotopic (exact) mass is 186 g/mol. The van der Waals surface area contributed by atoms with E-state index in [0.29, 0.717) is 6.04 Å². The van der Waals surface area contributed by atoms with Crippen LogP contribution in [0.5, 0.6) is 0 Å². The second kappa shape index (κ2) is 8.52. The molecule has 0 saturated heterocycles. The van der Waals surface area contributed by atoms with Crippen LogP contribution in [0.1, 0.15) is 46.5 Å². The highest BCUT2D eigenvalue weighted by atomic mass is 15.1. The molecule has 2 heteroatoms. The molecule has 0 aliphatic heterocycles. The maximum Gasteiger partial charge on any atom is 0.0218 e. The number of rotatable bonds is 8. The lowest BCUT2D eigenvalue weighted by Crippen LogP contribution is -2.40. The van der Waals surface area contributed by atoms with Crippen molar-refractivity contribution in [3.05, 3.63) is 0 Å². The Hall–Kier alpha value is -0.0800. The van der Waals surface area contributed by atoms with Gasteiger partial charge in [0.15, 0.2) is 0 Å². The number of nitrogens with two attached hydrogens (primary N) is 1. The molecule has 0 rings (SSSR count). The van der Waals surface area contributed by atoms with Crippen LogP contribution in [0.3, 0.4) is 0 Å². The summed E-state index contributed by atoms with van der Waals surface area (Å²) >= 11 is 0. The van der Waals surface area contributed by atoms with Crippen molar-refractivity contribution in [3.8, 4) is 0 Å². The molecule has 0 bridgehead atoms. The minimum atomic E-state index is 0.613. The summed E-state index contributed by atoms with van der Waals surface area (Å²) in [5, 5.41) is 0. The van der Waals surface area contributed by atoms with E-state index >= 15 is 0 Å². The highest BCUT2D eigenvalue weighted by Crippen LogP contribution is 2.08. The third-order valence-corrected chi connectivity index (χ3v) is 2.74. The smallest absolute Gasteiger partial charge is 0.0218 e. The molecule has 80 valence electrons. The van der Waals surface area contributed by atoms with Gasteiger partial charge in [0.2, 0.25) is 0 Å². The number of hydrogen-bond donors (Lipinski definition) is 1. The van der Waals surface area contributed by atoms with Gasteiger partial charge in [0.05, 0.1) is 0 Å². The first-order valence-corrected chi connectivity index (χ1v) is 5.74. The average Bonchev–Trinajstić information content (AvgIpc) is 2.17. The summed E-state index contributed by atoms with van der Waals surface area (Å²) in [5.74, 6) is 0. The van der Waals surface area contributed by atoms with E-state index in [1.807, 2.05) is 0 Å². The van der Waals surface area contributed by atoms with Crippen molar-refractivity contribution in [3.63, 3.8) is 0 Å². The zero-order valence-electron chi connectivity index (χ0n) is 9.55. The number of likely N-dealkylation sites (N-methyl/N-ethyl adjacent to an activating group) is 1. The summed E-state index contributed by atoms with van der Waals surface area (Å²) < 4.78 is 0. The summed E-state index contributed by atoms with van der Waals surface area (Å²) in [6, 6.07) is 0.613. The molecule has 1 atom stereocenters. The molecule has 1 unspecified atom stereocenters. The van der Waals surface area contributed by atoms with Crippen LogP contribution < -0.4 is 5.73 Å². The third kappa shape index (κ3) is 5.27. The molecule has 0 aromatic carbocycles. The van der Waals surface area contributed by atoms with Crippen molar-refractivity contribution in [2.24, 2.45) is 5.73 Å². The number of nitrogens with zero attached hydrogens (tertiary/aromatic N) is 1. The zero-order valence-corrected chi connectivity index (χ0v) is 9.55. The van der Waals surface area contributed by atoms with E-state index < -0.39 is 0 Å². The molecule has 2 nitrogen and oxygen atoms in total. The van der Waals surface area contributed by atoms with Gasteiger partial charge in [0.25, 0.3) is 0 Å². The molecule has 0 aromatic rings. The Morgan fingerprint density at radius 3 is 2.08 bits per heavy atom. The summed E-state index contributed by atoms with van der Waals surface area (Å²) in [6.07, 6.45) is 5.24. The minimum Gasteiger partial charge on any atom is -0.329 e. The van der Waals surface area contributed by atoms with E-state index in [1.165, 1.54) is 25.7 Å². The predicted octanol–water partition coefficient (Wildman–Crippen LogP) is 2.24. The normalized spacial score (nSPS) is 13.6. The SMILES string of the molecule is CCCCCC(CN)N(CC)CC. The number of hydrogen-bond acceptors (Lipinski definition) is 2. The molecular weight excluding hydrogens is 160 g/mol. The van der Waals surface area contributed by atoms with Gasteiger partial charge >= 0.3 is 0 Å². The van der Waals surface area contributed by atoms with Crippen LogP contribution in [-0.4, -0.2) is 30.6 Å². The quantitative estimate of drug-likeness (QED) is 0.589. The lowest BCUT2D eigenvalue weighted by atomic mass is 10.1. The molecule has 0 aromatic heterocycles. The Kier molecular flexibility index (Phi) is 8.46. The zero-order chi connectivity index (χ0) is 10.1. The predicted molar refractivity (Wildman–Crippen MR) is 59.9 cm³/mol. The van der Waals surface area contributed by atoms with E-state index in [4.69, 9.17) is 5.73 Å². The van der Waals surface area contributed by atoms with Gasteiger partial charge in [-0.2, -0.15) is 0 Å². The molecule has 0 amide bonds. The fourth-order valence-corrected chi connectivity index (χ4v) is 1.82. The molecule has 13 heavy (non-hydrogen) atoms. The van der Waals surface area contributed by atoms with Crippen LogP contribution in [0.2, 0.25) is 0 Å². The summed E-state index contributed by atoms with van der Waals surface area (Å²) in [6.45, 7) is 9.74. The van der Waals surface area contributed by atoms with Crippen molar-refractivity contribution in [2.45, 2.75) is 52.5 Å². The molecular formula is C11H26N2. The minimum absolute atomic E-state index is 0.613. The van der Waals surface area contributed by atoms with E-state index in [2.05, 4.69) is 25.7 Å². The van der Waals surface area contributed by atoms with Gasteiger partial charge in [-0.05, 0) is 19.5 Å². The van der Waals surface area contributed by atoms with Gasteiger partial charge in [-0.1, -0.05) is 40.0 Å². The van der Waals surface area contributed by atoms with Crippen molar-refractivity contribution in [1.29, 1.82) is 0 Å². The van der Waals surface area contributed by atoms with E-state index in [0.717, 1.165) is 19.6 Å². The van der Waals surface area contributed by atoms with Crippen molar-refractivity contribution < 1.29 is 0 Å². The van der Waals surface area contributed by atoms with Gasteiger partial charge in [-0.25, -0.2) is 0 Å². The van der Waals surface area contributed by atoms with E-state index in [1.54, 1.807) is 0 Å². The largest absolute Gasteiger partial charge is 0.329 e. The van der Waals surface area contributed by atoms with Crippen LogP contribution in [0.4, 0.5) is 0 Å². The van der Waals surface area contributed by atoms with Gasteiger partial charge < -0.3 is 5.73 Å². The molecule has 0 aliphatic rings. The highest BCUT2D eigenvalue weighted by Gasteiger charge is 2.12. The second-order valence-electron chi connectivity index (χ2n) is 3.61. The lowest BCUT2D eigenvalue weighted by Gasteiger charge is -2.28. The van der Waals surface area contributed by atoms with Gasteiger partial charge in [0.1, 0.15) is 0 Å². The molecule has 0 saturated carbocycles. The van der Waals surface area contributed by atoms with Gasteiger partial charge in [0, 0.05) is 12.6 Å². The fourth-order valence-electron chi connectivity index (χ4n) is 1.82. The highest BCUT2D eigenvalue weighted by molar-refractivity contribution is 4.70. The topological polar surface area (TPSA) is 29.3 Å². The van der Waals surface area contributed by atoms with Crippen LogP contribution >= 0.6 is 0 Å². The van der Waals surface area contributed by atoms with Gasteiger partial charge in [-0.15, -0.1) is 0 Å². The first-order chi connectivity index (χ1) is 6.29. The van der Waals surface area contributed by atoms with Crippen molar-refractivity contribution in [2.75, 3.05) is 19.6 Å². The fraction of sp³-hybridized carbons (Fsp3) is 1.00. The van der Waals surface area contributed by atoms with Crippen molar-refractivity contribution in [1.82, 2.24) is 4.90 Å². The Balaban J connectivity index is 3.71. The molecule has 0 heterocycles. The Morgan fingerprint density at radius 2 is 1.69 bits per heavy atom. The van der Waals surface area contributed by atoms with Crippen LogP contribution in [-0.2, 0) is 0 Å². The first kappa shape index (κ1) is 12.9. The first-order valence-electron chi connectivity index (χ1n) is 5.74. The Morgan fingerprint density at radius 1 is 1.08 bits per heavy atom. The van der Waals surface area contributed by atoms with E-state index in [9.17, 15) is 0 Å². The Labute approximate surface area is 83.5 Å². The summed E-state index contributed by atoms with van der Waals surface area (Å²) in [7, 11) is 0. The van der Waals surface area contributed by atoms with Crippen LogP contribution in [0.15, 0.2) is 0 Å². The molecule has 0 aliphatic carbocycles. The lowest BCUT2D eigenvalue weighted by molar-refractivity contribution is 0.207.